The molecule has 1 aromatic rings. The summed E-state index contributed by atoms with van der Waals surface area (Å²) in [5.74, 6) is 3.16. The van der Waals surface area contributed by atoms with Crippen molar-refractivity contribution in [2.24, 2.45) is 16.3 Å². The number of hydrogen-bond acceptors (Lipinski definition) is 4. The average Bonchev–Trinajstić information content (AvgIpc) is 3.27. The Morgan fingerprint density at radius 2 is 2.07 bits per heavy atom. The molecule has 1 saturated heterocycles. The minimum absolute atomic E-state index is 0. The summed E-state index contributed by atoms with van der Waals surface area (Å²) in [6.45, 7) is 9.45. The van der Waals surface area contributed by atoms with E-state index in [1.54, 1.807) is 0 Å². The van der Waals surface area contributed by atoms with E-state index in [9.17, 15) is 0 Å². The summed E-state index contributed by atoms with van der Waals surface area (Å²) in [4.78, 5) is 4.79. The molecule has 0 spiro atoms. The molecule has 2 heterocycles. The normalized spacial score (nSPS) is 27.4. The average molecular weight is 487 g/mol. The van der Waals surface area contributed by atoms with Gasteiger partial charge in [0.2, 0.25) is 6.79 Å². The molecule has 2 aliphatic heterocycles. The number of rotatable bonds is 5. The van der Waals surface area contributed by atoms with Crippen LogP contribution < -0.4 is 20.1 Å². The number of ether oxygens (including phenoxy) is 3. The van der Waals surface area contributed by atoms with Crippen LogP contribution in [-0.2, 0) is 11.2 Å². The second-order valence-electron chi connectivity index (χ2n) is 7.89. The summed E-state index contributed by atoms with van der Waals surface area (Å²) in [6, 6.07) is 6.52. The lowest BCUT2D eigenvalue weighted by Gasteiger charge is -2.54. The molecule has 1 aromatic carbocycles. The first kappa shape index (κ1) is 20.5. The SMILES string of the molecule is CCNC(=NCCc1ccc2c(c1)OCO2)NC1C2CCOC2C1(C)C.I. The van der Waals surface area contributed by atoms with E-state index < -0.39 is 0 Å². The molecule has 27 heavy (non-hydrogen) atoms. The van der Waals surface area contributed by atoms with E-state index in [2.05, 4.69) is 37.5 Å². The molecule has 3 unspecified atom stereocenters. The largest absolute Gasteiger partial charge is 0.454 e. The fourth-order valence-electron chi connectivity index (χ4n) is 4.48. The summed E-state index contributed by atoms with van der Waals surface area (Å²) in [7, 11) is 0. The molecule has 3 atom stereocenters. The number of halogens is 1. The van der Waals surface area contributed by atoms with Crippen molar-refractivity contribution >= 4 is 29.9 Å². The van der Waals surface area contributed by atoms with E-state index in [1.807, 2.05) is 12.1 Å². The standard InChI is InChI=1S/C20H29N3O3.HI/c1-4-21-19(23-17-14-8-10-24-18(14)20(17,2)3)22-9-7-13-5-6-15-16(11-13)26-12-25-15;/h5-6,11,14,17-18H,4,7-10,12H2,1-3H3,(H2,21,22,23);1H. The zero-order chi connectivity index (χ0) is 18.1. The van der Waals surface area contributed by atoms with Crippen LogP contribution in [-0.4, -0.2) is 44.6 Å². The van der Waals surface area contributed by atoms with Crippen molar-refractivity contribution in [3.63, 3.8) is 0 Å². The smallest absolute Gasteiger partial charge is 0.231 e. The van der Waals surface area contributed by atoms with E-state index in [-0.39, 0.29) is 29.4 Å². The summed E-state index contributed by atoms with van der Waals surface area (Å²) < 4.78 is 16.7. The quantitative estimate of drug-likeness (QED) is 0.380. The maximum Gasteiger partial charge on any atom is 0.231 e. The van der Waals surface area contributed by atoms with Gasteiger partial charge in [-0.2, -0.15) is 0 Å². The number of nitrogens with one attached hydrogen (secondary N) is 2. The Balaban J connectivity index is 0.00000210. The lowest BCUT2D eigenvalue weighted by atomic mass is 9.57. The van der Waals surface area contributed by atoms with E-state index in [0.29, 0.717) is 24.9 Å². The van der Waals surface area contributed by atoms with Crippen LogP contribution in [0.1, 0.15) is 32.8 Å². The van der Waals surface area contributed by atoms with Crippen molar-refractivity contribution in [1.29, 1.82) is 0 Å². The molecular formula is C20H30IN3O3. The molecule has 1 saturated carbocycles. The van der Waals surface area contributed by atoms with Gasteiger partial charge in [0.15, 0.2) is 17.5 Å². The predicted octanol–water partition coefficient (Wildman–Crippen LogP) is 2.94. The number of benzene rings is 1. The number of aliphatic imine (C=N–C) groups is 1. The maximum absolute atomic E-state index is 5.89. The van der Waals surface area contributed by atoms with Gasteiger partial charge >= 0.3 is 0 Å². The number of guanidine groups is 1. The molecule has 3 aliphatic rings. The van der Waals surface area contributed by atoms with Gasteiger partial charge in [-0.1, -0.05) is 19.9 Å². The third kappa shape index (κ3) is 3.99. The molecule has 150 valence electrons. The number of hydrogen-bond donors (Lipinski definition) is 2. The molecule has 2 fully saturated rings. The predicted molar refractivity (Wildman–Crippen MR) is 116 cm³/mol. The topological polar surface area (TPSA) is 64.1 Å². The number of fused-ring (bicyclic) bond motifs is 2. The Morgan fingerprint density at radius 1 is 1.26 bits per heavy atom. The first-order valence-electron chi connectivity index (χ1n) is 9.64. The molecule has 7 heteroatoms. The van der Waals surface area contributed by atoms with Gasteiger partial charge in [0, 0.05) is 37.1 Å². The van der Waals surface area contributed by atoms with E-state index in [4.69, 9.17) is 19.2 Å². The highest BCUT2D eigenvalue weighted by molar-refractivity contribution is 14.0. The highest BCUT2D eigenvalue weighted by atomic mass is 127. The van der Waals surface area contributed by atoms with Crippen LogP contribution in [0.15, 0.2) is 23.2 Å². The monoisotopic (exact) mass is 487 g/mol. The van der Waals surface area contributed by atoms with E-state index in [0.717, 1.165) is 50.0 Å². The molecule has 0 bridgehead atoms. The third-order valence-corrected chi connectivity index (χ3v) is 5.84. The van der Waals surface area contributed by atoms with Gasteiger partial charge in [-0.15, -0.1) is 24.0 Å². The second kappa shape index (κ2) is 8.43. The Kier molecular flexibility index (Phi) is 6.40. The summed E-state index contributed by atoms with van der Waals surface area (Å²) in [5, 5.41) is 7.04. The van der Waals surface area contributed by atoms with Crippen molar-refractivity contribution in [3.05, 3.63) is 23.8 Å². The van der Waals surface area contributed by atoms with E-state index >= 15 is 0 Å². The molecule has 6 nitrogen and oxygen atoms in total. The van der Waals surface area contributed by atoms with Gasteiger partial charge in [-0.3, -0.25) is 4.99 Å². The van der Waals surface area contributed by atoms with Gasteiger partial charge in [0.1, 0.15) is 0 Å². The zero-order valence-electron chi connectivity index (χ0n) is 16.3. The number of nitrogens with zero attached hydrogens (tertiary/aromatic N) is 1. The molecule has 2 N–H and O–H groups in total. The van der Waals surface area contributed by atoms with Crippen molar-refractivity contribution in [1.82, 2.24) is 10.6 Å². The van der Waals surface area contributed by atoms with Crippen LogP contribution in [0.25, 0.3) is 0 Å². The van der Waals surface area contributed by atoms with Crippen LogP contribution in [0.4, 0.5) is 0 Å². The van der Waals surface area contributed by atoms with Gasteiger partial charge in [0.25, 0.3) is 0 Å². The van der Waals surface area contributed by atoms with Gasteiger partial charge in [-0.25, -0.2) is 0 Å². The summed E-state index contributed by atoms with van der Waals surface area (Å²) in [6.07, 6.45) is 2.40. The maximum atomic E-state index is 5.89. The lowest BCUT2D eigenvalue weighted by Crippen LogP contribution is -2.68. The lowest BCUT2D eigenvalue weighted by molar-refractivity contribution is -0.106. The van der Waals surface area contributed by atoms with Crippen LogP contribution in [0, 0.1) is 11.3 Å². The fourth-order valence-corrected chi connectivity index (χ4v) is 4.48. The van der Waals surface area contributed by atoms with Crippen molar-refractivity contribution in [2.75, 3.05) is 26.5 Å². The van der Waals surface area contributed by atoms with Crippen molar-refractivity contribution < 1.29 is 14.2 Å². The van der Waals surface area contributed by atoms with Crippen molar-refractivity contribution in [3.8, 4) is 11.5 Å². The minimum atomic E-state index is 0. The first-order valence-corrected chi connectivity index (χ1v) is 9.64. The Bertz CT molecular complexity index is 695. The summed E-state index contributed by atoms with van der Waals surface area (Å²) in [5.41, 5.74) is 1.36. The van der Waals surface area contributed by atoms with Crippen LogP contribution >= 0.6 is 24.0 Å². The van der Waals surface area contributed by atoms with E-state index in [1.165, 1.54) is 5.56 Å². The van der Waals surface area contributed by atoms with Crippen LogP contribution in [0.2, 0.25) is 0 Å². The van der Waals surface area contributed by atoms with Crippen LogP contribution in [0.5, 0.6) is 11.5 Å². The Hall–Kier alpha value is -1.22. The molecule has 1 aliphatic carbocycles. The molecular weight excluding hydrogens is 457 g/mol. The Morgan fingerprint density at radius 3 is 2.89 bits per heavy atom. The minimum Gasteiger partial charge on any atom is -0.454 e. The molecule has 0 aromatic heterocycles. The van der Waals surface area contributed by atoms with Crippen molar-refractivity contribution in [2.45, 2.75) is 45.8 Å². The van der Waals surface area contributed by atoms with Gasteiger partial charge < -0.3 is 24.8 Å². The van der Waals surface area contributed by atoms with Gasteiger partial charge in [-0.05, 0) is 37.5 Å². The highest BCUT2D eigenvalue weighted by Crippen LogP contribution is 2.52. The van der Waals surface area contributed by atoms with Gasteiger partial charge in [0.05, 0.1) is 6.10 Å². The fraction of sp³-hybridized carbons (Fsp3) is 0.650. The molecule has 0 amide bonds. The summed E-state index contributed by atoms with van der Waals surface area (Å²) >= 11 is 0. The molecule has 4 rings (SSSR count). The van der Waals surface area contributed by atoms with Crippen LogP contribution in [0.3, 0.4) is 0 Å². The molecule has 0 radical (unpaired) electrons. The zero-order valence-corrected chi connectivity index (χ0v) is 18.6. The highest BCUT2D eigenvalue weighted by Gasteiger charge is 2.59. The third-order valence-electron chi connectivity index (χ3n) is 5.84. The Labute approximate surface area is 178 Å². The second-order valence-corrected chi connectivity index (χ2v) is 7.89. The first-order chi connectivity index (χ1) is 12.6.